The molecule has 2 aromatic carbocycles. The zero-order valence-electron chi connectivity index (χ0n) is 13.2. The zero-order valence-corrected chi connectivity index (χ0v) is 13.2. The van der Waals surface area contributed by atoms with Crippen molar-refractivity contribution in [1.29, 1.82) is 0 Å². The molecule has 0 aliphatic heterocycles. The van der Waals surface area contributed by atoms with E-state index in [1.54, 1.807) is 14.2 Å². The van der Waals surface area contributed by atoms with E-state index in [9.17, 15) is 0 Å². The molecule has 1 N–H and O–H groups in total. The van der Waals surface area contributed by atoms with Crippen LogP contribution in [0, 0.1) is 13.8 Å². The highest BCUT2D eigenvalue weighted by molar-refractivity contribution is 5.42. The Morgan fingerprint density at radius 2 is 1.62 bits per heavy atom. The molecule has 0 heterocycles. The van der Waals surface area contributed by atoms with Crippen LogP contribution in [0.15, 0.2) is 36.4 Å². The summed E-state index contributed by atoms with van der Waals surface area (Å²) in [6.45, 7) is 5.93. The third kappa shape index (κ3) is 3.99. The van der Waals surface area contributed by atoms with Crippen molar-refractivity contribution in [3.63, 3.8) is 0 Å². The Kier molecular flexibility index (Phi) is 5.23. The number of aryl methyl sites for hydroxylation is 2. The van der Waals surface area contributed by atoms with Crippen LogP contribution in [0.1, 0.15) is 22.3 Å². The predicted molar refractivity (Wildman–Crippen MR) is 86.0 cm³/mol. The highest BCUT2D eigenvalue weighted by atomic mass is 16.5. The average Bonchev–Trinajstić information content (AvgIpc) is 2.49. The Morgan fingerprint density at radius 3 is 2.29 bits per heavy atom. The summed E-state index contributed by atoms with van der Waals surface area (Å²) in [7, 11) is 3.31. The van der Waals surface area contributed by atoms with Gasteiger partial charge in [-0.2, -0.15) is 0 Å². The van der Waals surface area contributed by atoms with E-state index in [4.69, 9.17) is 9.47 Å². The third-order valence-electron chi connectivity index (χ3n) is 3.59. The fraction of sp³-hybridized carbons (Fsp3) is 0.333. The van der Waals surface area contributed by atoms with E-state index < -0.39 is 0 Å². The number of benzene rings is 2. The Bertz CT molecular complexity index is 608. The predicted octanol–water partition coefficient (Wildman–Crippen LogP) is 3.61. The summed E-state index contributed by atoms with van der Waals surface area (Å²) in [6, 6.07) is 12.6. The lowest BCUT2D eigenvalue weighted by atomic mass is 10.1. The lowest BCUT2D eigenvalue weighted by molar-refractivity contribution is 0.354. The van der Waals surface area contributed by atoms with Gasteiger partial charge in [0.1, 0.15) is 0 Å². The van der Waals surface area contributed by atoms with Crippen molar-refractivity contribution < 1.29 is 9.47 Å². The first kappa shape index (κ1) is 15.4. The van der Waals surface area contributed by atoms with Gasteiger partial charge in [0.15, 0.2) is 11.5 Å². The van der Waals surface area contributed by atoms with Crippen molar-refractivity contribution >= 4 is 0 Å². The molecule has 2 aromatic rings. The Balaban J connectivity index is 1.97. The maximum atomic E-state index is 5.32. The third-order valence-corrected chi connectivity index (χ3v) is 3.59. The smallest absolute Gasteiger partial charge is 0.161 e. The van der Waals surface area contributed by atoms with E-state index in [1.807, 2.05) is 12.1 Å². The van der Waals surface area contributed by atoms with Crippen LogP contribution >= 0.6 is 0 Å². The highest BCUT2D eigenvalue weighted by Gasteiger charge is 2.04. The first-order valence-corrected chi connectivity index (χ1v) is 7.12. The summed E-state index contributed by atoms with van der Waals surface area (Å²) in [4.78, 5) is 0. The number of hydrogen-bond donors (Lipinski definition) is 1. The number of hydrogen-bond acceptors (Lipinski definition) is 3. The quantitative estimate of drug-likeness (QED) is 0.879. The number of rotatable bonds is 6. The summed E-state index contributed by atoms with van der Waals surface area (Å²) < 4.78 is 10.6. The van der Waals surface area contributed by atoms with Gasteiger partial charge in [0, 0.05) is 13.1 Å². The molecule has 3 heteroatoms. The van der Waals surface area contributed by atoms with Crippen molar-refractivity contribution in [2.24, 2.45) is 0 Å². The largest absolute Gasteiger partial charge is 0.493 e. The molecule has 0 saturated heterocycles. The van der Waals surface area contributed by atoms with Crippen LogP contribution in [0.4, 0.5) is 0 Å². The molecule has 0 aliphatic rings. The SMILES string of the molecule is COc1ccc(CNCc2ccc(C)cc2C)cc1OC. The lowest BCUT2D eigenvalue weighted by Gasteiger charge is -2.11. The van der Waals surface area contributed by atoms with E-state index >= 15 is 0 Å². The highest BCUT2D eigenvalue weighted by Crippen LogP contribution is 2.27. The molecule has 21 heavy (non-hydrogen) atoms. The maximum Gasteiger partial charge on any atom is 0.161 e. The van der Waals surface area contributed by atoms with E-state index in [0.717, 1.165) is 24.6 Å². The first-order valence-electron chi connectivity index (χ1n) is 7.12. The van der Waals surface area contributed by atoms with Crippen molar-refractivity contribution in [3.05, 3.63) is 58.7 Å². The minimum Gasteiger partial charge on any atom is -0.493 e. The van der Waals surface area contributed by atoms with Gasteiger partial charge in [-0.15, -0.1) is 0 Å². The second kappa shape index (κ2) is 7.14. The molecule has 2 rings (SSSR count). The molecule has 0 radical (unpaired) electrons. The number of methoxy groups -OCH3 is 2. The molecule has 0 aromatic heterocycles. The zero-order chi connectivity index (χ0) is 15.2. The molecule has 0 saturated carbocycles. The fourth-order valence-corrected chi connectivity index (χ4v) is 2.38. The topological polar surface area (TPSA) is 30.5 Å². The van der Waals surface area contributed by atoms with Gasteiger partial charge in [0.2, 0.25) is 0 Å². The van der Waals surface area contributed by atoms with Crippen LogP contribution in [0.25, 0.3) is 0 Å². The summed E-state index contributed by atoms with van der Waals surface area (Å²) >= 11 is 0. The van der Waals surface area contributed by atoms with E-state index in [1.165, 1.54) is 22.3 Å². The average molecular weight is 285 g/mol. The van der Waals surface area contributed by atoms with Gasteiger partial charge in [-0.25, -0.2) is 0 Å². The van der Waals surface area contributed by atoms with E-state index in [-0.39, 0.29) is 0 Å². The van der Waals surface area contributed by atoms with Crippen molar-refractivity contribution in [3.8, 4) is 11.5 Å². The monoisotopic (exact) mass is 285 g/mol. The molecular formula is C18H23NO2. The van der Waals surface area contributed by atoms with Crippen LogP contribution in [0.3, 0.4) is 0 Å². The van der Waals surface area contributed by atoms with E-state index in [0.29, 0.717) is 0 Å². The minimum absolute atomic E-state index is 0.760. The Labute approximate surface area is 126 Å². The van der Waals surface area contributed by atoms with Gasteiger partial charge in [0.25, 0.3) is 0 Å². The van der Waals surface area contributed by atoms with Gasteiger partial charge in [-0.3, -0.25) is 0 Å². The molecule has 112 valence electrons. The van der Waals surface area contributed by atoms with Crippen LogP contribution in [0.5, 0.6) is 11.5 Å². The molecule has 0 spiro atoms. The standard InChI is InChI=1S/C18H23NO2/c1-13-5-7-16(14(2)9-13)12-19-11-15-6-8-17(20-3)18(10-15)21-4/h5-10,19H,11-12H2,1-4H3. The van der Waals surface area contributed by atoms with Crippen LogP contribution in [0.2, 0.25) is 0 Å². The molecule has 0 amide bonds. The number of ether oxygens (including phenoxy) is 2. The first-order chi connectivity index (χ1) is 10.1. The summed E-state index contributed by atoms with van der Waals surface area (Å²) in [5.74, 6) is 1.53. The van der Waals surface area contributed by atoms with Crippen molar-refractivity contribution in [2.75, 3.05) is 14.2 Å². The molecule has 0 unspecified atom stereocenters. The molecule has 0 bridgehead atoms. The van der Waals surface area contributed by atoms with Crippen LogP contribution < -0.4 is 14.8 Å². The van der Waals surface area contributed by atoms with Crippen LogP contribution in [-0.2, 0) is 13.1 Å². The molecule has 0 aliphatic carbocycles. The second-order valence-electron chi connectivity index (χ2n) is 5.22. The molecule has 0 fully saturated rings. The minimum atomic E-state index is 0.760. The normalized spacial score (nSPS) is 10.5. The molecule has 3 nitrogen and oxygen atoms in total. The summed E-state index contributed by atoms with van der Waals surface area (Å²) in [5, 5.41) is 3.47. The Morgan fingerprint density at radius 1 is 0.857 bits per heavy atom. The Hall–Kier alpha value is -2.00. The van der Waals surface area contributed by atoms with Gasteiger partial charge in [-0.05, 0) is 42.7 Å². The van der Waals surface area contributed by atoms with Gasteiger partial charge < -0.3 is 14.8 Å². The second-order valence-corrected chi connectivity index (χ2v) is 5.22. The fourth-order valence-electron chi connectivity index (χ4n) is 2.38. The van der Waals surface area contributed by atoms with Crippen molar-refractivity contribution in [1.82, 2.24) is 5.32 Å². The van der Waals surface area contributed by atoms with Crippen molar-refractivity contribution in [2.45, 2.75) is 26.9 Å². The van der Waals surface area contributed by atoms with Crippen LogP contribution in [-0.4, -0.2) is 14.2 Å². The summed E-state index contributed by atoms with van der Waals surface area (Å²) in [6.07, 6.45) is 0. The van der Waals surface area contributed by atoms with E-state index in [2.05, 4.69) is 43.4 Å². The molecular weight excluding hydrogens is 262 g/mol. The van der Waals surface area contributed by atoms with Gasteiger partial charge in [-0.1, -0.05) is 29.8 Å². The lowest BCUT2D eigenvalue weighted by Crippen LogP contribution is -2.13. The van der Waals surface area contributed by atoms with Gasteiger partial charge >= 0.3 is 0 Å². The van der Waals surface area contributed by atoms with Gasteiger partial charge in [0.05, 0.1) is 14.2 Å². The maximum absolute atomic E-state index is 5.32. The summed E-state index contributed by atoms with van der Waals surface area (Å²) in [5.41, 5.74) is 5.14. The number of nitrogens with one attached hydrogen (secondary N) is 1. The molecule has 0 atom stereocenters.